The fourth-order valence-electron chi connectivity index (χ4n) is 2.83. The molecule has 1 aromatic heterocycles. The van der Waals surface area contributed by atoms with Crippen molar-refractivity contribution in [3.8, 4) is 11.5 Å². The topological polar surface area (TPSA) is 59.5 Å². The lowest BCUT2D eigenvalue weighted by molar-refractivity contribution is -0.137. The molecule has 31 heavy (non-hydrogen) atoms. The van der Waals surface area contributed by atoms with E-state index >= 15 is 0 Å². The maximum atomic E-state index is 13.6. The maximum absolute atomic E-state index is 13.6. The smallest absolute Gasteiger partial charge is 0.421 e. The van der Waals surface area contributed by atoms with Crippen LogP contribution in [0.15, 0.2) is 54.7 Å². The monoisotopic (exact) mass is 432 g/mol. The Labute approximate surface area is 178 Å². The lowest BCUT2D eigenvalue weighted by Gasteiger charge is -2.23. The summed E-state index contributed by atoms with van der Waals surface area (Å²) in [6.45, 7) is 3.79. The third-order valence-electron chi connectivity index (χ3n) is 4.33. The van der Waals surface area contributed by atoms with Crippen LogP contribution in [0.1, 0.15) is 19.4 Å². The highest BCUT2D eigenvalue weighted by atomic mass is 19.4. The first-order valence-corrected chi connectivity index (χ1v) is 9.53. The van der Waals surface area contributed by atoms with Crippen LogP contribution in [0.5, 0.6) is 11.5 Å². The van der Waals surface area contributed by atoms with E-state index in [1.165, 1.54) is 11.9 Å². The van der Waals surface area contributed by atoms with Gasteiger partial charge in [-0.15, -0.1) is 0 Å². The third-order valence-corrected chi connectivity index (χ3v) is 4.33. The minimum absolute atomic E-state index is 0.00568. The summed E-state index contributed by atoms with van der Waals surface area (Å²) in [6.07, 6.45) is -3.84. The minimum atomic E-state index is -4.61. The van der Waals surface area contributed by atoms with Crippen molar-refractivity contribution in [3.63, 3.8) is 0 Å². The molecule has 2 aromatic carbocycles. The van der Waals surface area contributed by atoms with Crippen LogP contribution in [-0.2, 0) is 6.18 Å². The van der Waals surface area contributed by atoms with Crippen molar-refractivity contribution in [1.29, 1.82) is 0 Å². The predicted octanol–water partition coefficient (Wildman–Crippen LogP) is 5.80. The van der Waals surface area contributed by atoms with Crippen LogP contribution in [-0.4, -0.2) is 30.2 Å². The first-order chi connectivity index (χ1) is 14.7. The molecule has 0 radical (unpaired) electrons. The van der Waals surface area contributed by atoms with E-state index in [0.717, 1.165) is 6.20 Å². The normalized spacial score (nSPS) is 11.4. The van der Waals surface area contributed by atoms with Gasteiger partial charge < -0.3 is 19.7 Å². The second-order valence-corrected chi connectivity index (χ2v) is 7.00. The molecule has 0 unspecified atom stereocenters. The average Bonchev–Trinajstić information content (AvgIpc) is 2.73. The van der Waals surface area contributed by atoms with Gasteiger partial charge in [0, 0.05) is 24.6 Å². The number of benzene rings is 2. The summed E-state index contributed by atoms with van der Waals surface area (Å²) in [5.41, 5.74) is 0.206. The molecule has 6 nitrogen and oxygen atoms in total. The zero-order chi connectivity index (χ0) is 22.6. The highest BCUT2D eigenvalue weighted by molar-refractivity contribution is 5.65. The number of hydrogen-bond donors (Lipinski definition) is 1. The highest BCUT2D eigenvalue weighted by Gasteiger charge is 2.36. The van der Waals surface area contributed by atoms with Crippen LogP contribution in [0.3, 0.4) is 0 Å². The summed E-state index contributed by atoms with van der Waals surface area (Å²) in [5, 5.41) is 2.92. The van der Waals surface area contributed by atoms with Crippen LogP contribution in [0, 0.1) is 0 Å². The van der Waals surface area contributed by atoms with Crippen LogP contribution >= 0.6 is 0 Å². The zero-order valence-electron chi connectivity index (χ0n) is 17.6. The molecule has 0 bridgehead atoms. The molecule has 164 valence electrons. The second kappa shape index (κ2) is 9.11. The molecule has 9 heteroatoms. The summed E-state index contributed by atoms with van der Waals surface area (Å²) in [5.74, 6) is 1.06. The number of alkyl halides is 3. The van der Waals surface area contributed by atoms with Crippen molar-refractivity contribution in [3.05, 3.63) is 60.3 Å². The Morgan fingerprint density at radius 1 is 0.968 bits per heavy atom. The molecule has 0 aliphatic heterocycles. The van der Waals surface area contributed by atoms with Gasteiger partial charge in [-0.2, -0.15) is 18.2 Å². The molecule has 0 atom stereocenters. The van der Waals surface area contributed by atoms with Gasteiger partial charge in [0.05, 0.1) is 13.2 Å². The van der Waals surface area contributed by atoms with E-state index in [1.54, 1.807) is 55.6 Å². The Balaban J connectivity index is 1.92. The molecule has 0 aliphatic carbocycles. The van der Waals surface area contributed by atoms with Crippen molar-refractivity contribution in [1.82, 2.24) is 9.97 Å². The van der Waals surface area contributed by atoms with Gasteiger partial charge in [-0.25, -0.2) is 4.98 Å². The van der Waals surface area contributed by atoms with Crippen molar-refractivity contribution < 1.29 is 22.6 Å². The maximum Gasteiger partial charge on any atom is 0.421 e. The van der Waals surface area contributed by atoms with Gasteiger partial charge in [0.25, 0.3) is 0 Å². The first-order valence-electron chi connectivity index (χ1n) is 9.53. The molecule has 1 N–H and O–H groups in total. The number of nitrogens with one attached hydrogen (secondary N) is 1. The van der Waals surface area contributed by atoms with E-state index in [0.29, 0.717) is 22.9 Å². The molecule has 0 saturated carbocycles. The van der Waals surface area contributed by atoms with Gasteiger partial charge in [0.15, 0.2) is 5.82 Å². The number of methoxy groups -OCH3 is 1. The predicted molar refractivity (Wildman–Crippen MR) is 114 cm³/mol. The molecule has 3 aromatic rings. The van der Waals surface area contributed by atoms with E-state index in [-0.39, 0.29) is 17.9 Å². The molecule has 3 rings (SSSR count). The summed E-state index contributed by atoms with van der Waals surface area (Å²) < 4.78 is 51.5. The first kappa shape index (κ1) is 22.2. The summed E-state index contributed by atoms with van der Waals surface area (Å²) in [7, 11) is 3.07. The van der Waals surface area contributed by atoms with E-state index in [4.69, 9.17) is 9.47 Å². The lowest BCUT2D eigenvalue weighted by atomic mass is 10.2. The molecule has 0 saturated heterocycles. The Kier molecular flexibility index (Phi) is 6.53. The SMILES string of the molecule is COc1ccc(Nc2ncc(C(F)(F)F)c(N(C)c3ccc(OC(C)C)cc3)n2)cc1. The Morgan fingerprint density at radius 2 is 1.58 bits per heavy atom. The van der Waals surface area contributed by atoms with E-state index in [1.807, 2.05) is 13.8 Å². The largest absolute Gasteiger partial charge is 0.497 e. The average molecular weight is 432 g/mol. The van der Waals surface area contributed by atoms with Crippen molar-refractivity contribution >= 4 is 23.1 Å². The number of ether oxygens (including phenoxy) is 2. The van der Waals surface area contributed by atoms with Crippen molar-refractivity contribution in [2.75, 3.05) is 24.4 Å². The summed E-state index contributed by atoms with van der Waals surface area (Å²) >= 11 is 0. The van der Waals surface area contributed by atoms with Crippen LogP contribution in [0.4, 0.5) is 36.3 Å². The van der Waals surface area contributed by atoms with Gasteiger partial charge in [-0.1, -0.05) is 0 Å². The minimum Gasteiger partial charge on any atom is -0.497 e. The van der Waals surface area contributed by atoms with Crippen LogP contribution in [0.2, 0.25) is 0 Å². The number of nitrogens with zero attached hydrogens (tertiary/aromatic N) is 3. The van der Waals surface area contributed by atoms with E-state index in [2.05, 4.69) is 15.3 Å². The molecule has 0 amide bonds. The second-order valence-electron chi connectivity index (χ2n) is 7.00. The molecular formula is C22H23F3N4O2. The lowest BCUT2D eigenvalue weighted by Crippen LogP contribution is -2.19. The molecular weight excluding hydrogens is 409 g/mol. The number of halogens is 3. The molecule has 0 aliphatic rings. The molecule has 0 fully saturated rings. The van der Waals surface area contributed by atoms with Gasteiger partial charge >= 0.3 is 6.18 Å². The Morgan fingerprint density at radius 3 is 2.13 bits per heavy atom. The fourth-order valence-corrected chi connectivity index (χ4v) is 2.83. The van der Waals surface area contributed by atoms with Gasteiger partial charge in [0.1, 0.15) is 17.1 Å². The summed E-state index contributed by atoms with van der Waals surface area (Å²) in [4.78, 5) is 9.36. The number of aromatic nitrogens is 2. The number of rotatable bonds is 7. The highest BCUT2D eigenvalue weighted by Crippen LogP contribution is 2.38. The van der Waals surface area contributed by atoms with Gasteiger partial charge in [-0.3, -0.25) is 0 Å². The molecule has 1 heterocycles. The van der Waals surface area contributed by atoms with E-state index < -0.39 is 11.7 Å². The van der Waals surface area contributed by atoms with Crippen LogP contribution in [0.25, 0.3) is 0 Å². The quantitative estimate of drug-likeness (QED) is 0.509. The fraction of sp³-hybridized carbons (Fsp3) is 0.273. The van der Waals surface area contributed by atoms with Crippen LogP contribution < -0.4 is 19.7 Å². The van der Waals surface area contributed by atoms with E-state index in [9.17, 15) is 13.2 Å². The van der Waals surface area contributed by atoms with Crippen molar-refractivity contribution in [2.45, 2.75) is 26.1 Å². The van der Waals surface area contributed by atoms with Gasteiger partial charge in [0.2, 0.25) is 5.95 Å². The number of anilines is 4. The summed E-state index contributed by atoms with van der Waals surface area (Å²) in [6, 6.07) is 13.6. The molecule has 0 spiro atoms. The Bertz CT molecular complexity index is 1010. The van der Waals surface area contributed by atoms with Gasteiger partial charge in [-0.05, 0) is 62.4 Å². The third kappa shape index (κ3) is 5.56. The van der Waals surface area contributed by atoms with Crippen molar-refractivity contribution in [2.24, 2.45) is 0 Å². The number of hydrogen-bond acceptors (Lipinski definition) is 6. The standard InChI is InChI=1S/C22H23F3N4O2/c1-14(2)31-18-11-7-16(8-12-18)29(3)20-19(22(23,24)25)13-26-21(28-20)27-15-5-9-17(30-4)10-6-15/h5-14H,1-4H3,(H,26,27,28). The zero-order valence-corrected chi connectivity index (χ0v) is 17.6. The Hall–Kier alpha value is -3.49.